The summed E-state index contributed by atoms with van der Waals surface area (Å²) < 4.78 is 40.6. The van der Waals surface area contributed by atoms with Crippen LogP contribution in [0.5, 0.6) is 11.5 Å². The largest absolute Gasteiger partial charge is 0.493 e. The highest BCUT2D eigenvalue weighted by Gasteiger charge is 2.43. The molecule has 0 saturated carbocycles. The molecule has 0 atom stereocenters. The van der Waals surface area contributed by atoms with E-state index in [0.717, 1.165) is 6.42 Å². The van der Waals surface area contributed by atoms with Crippen molar-refractivity contribution >= 4 is 21.9 Å². The van der Waals surface area contributed by atoms with E-state index in [2.05, 4.69) is 0 Å². The maximum absolute atomic E-state index is 12.5. The molecule has 0 fully saturated rings. The Labute approximate surface area is 140 Å². The molecule has 1 amide bonds. The number of fused-ring (bicyclic) bond motifs is 1. The van der Waals surface area contributed by atoms with Gasteiger partial charge in [0.2, 0.25) is 0 Å². The van der Waals surface area contributed by atoms with Crippen LogP contribution in [-0.4, -0.2) is 52.0 Å². The van der Waals surface area contributed by atoms with Crippen molar-refractivity contribution in [3.8, 4) is 11.5 Å². The van der Waals surface area contributed by atoms with Gasteiger partial charge in [0, 0.05) is 6.07 Å². The summed E-state index contributed by atoms with van der Waals surface area (Å²) in [5.41, 5.74) is -0.0611. The van der Waals surface area contributed by atoms with Crippen LogP contribution in [0.25, 0.3) is 0 Å². The van der Waals surface area contributed by atoms with Gasteiger partial charge in [-0.2, -0.15) is 0 Å². The van der Waals surface area contributed by atoms with Crippen molar-refractivity contribution in [2.24, 2.45) is 0 Å². The summed E-state index contributed by atoms with van der Waals surface area (Å²) in [6.45, 7) is 1.45. The summed E-state index contributed by atoms with van der Waals surface area (Å²) in [5, 5.41) is 0. The number of carbonyl (C=O) groups is 2. The summed E-state index contributed by atoms with van der Waals surface area (Å²) >= 11 is 0. The summed E-state index contributed by atoms with van der Waals surface area (Å²) in [6.07, 6.45) is 1.50. The van der Waals surface area contributed by atoms with E-state index in [0.29, 0.717) is 10.7 Å². The molecule has 0 bridgehead atoms. The summed E-state index contributed by atoms with van der Waals surface area (Å²) in [7, 11) is -1.40. The molecule has 1 aromatic carbocycles. The van der Waals surface area contributed by atoms with Gasteiger partial charge in [-0.25, -0.2) is 12.7 Å². The van der Waals surface area contributed by atoms with Crippen LogP contribution in [0, 0.1) is 0 Å². The van der Waals surface area contributed by atoms with Gasteiger partial charge in [-0.1, -0.05) is 13.3 Å². The zero-order valence-electron chi connectivity index (χ0n) is 13.7. The summed E-state index contributed by atoms with van der Waals surface area (Å²) in [4.78, 5) is 23.9. The van der Waals surface area contributed by atoms with Gasteiger partial charge in [0.25, 0.3) is 15.9 Å². The Morgan fingerprint density at radius 2 is 1.79 bits per heavy atom. The second-order valence-electron chi connectivity index (χ2n) is 5.09. The molecule has 0 radical (unpaired) electrons. The zero-order chi connectivity index (χ0) is 17.9. The Hall–Kier alpha value is -2.29. The van der Waals surface area contributed by atoms with Gasteiger partial charge in [0.1, 0.15) is 11.4 Å². The van der Waals surface area contributed by atoms with Crippen molar-refractivity contribution in [2.45, 2.75) is 24.7 Å². The molecule has 1 aliphatic rings. The van der Waals surface area contributed by atoms with E-state index < -0.39 is 28.4 Å². The van der Waals surface area contributed by atoms with Gasteiger partial charge in [-0.15, -0.1) is 0 Å². The summed E-state index contributed by atoms with van der Waals surface area (Å²) in [5.74, 6) is -1.15. The Morgan fingerprint density at radius 1 is 1.17 bits per heavy atom. The summed E-state index contributed by atoms with van der Waals surface area (Å²) in [6, 6.07) is 2.50. The van der Waals surface area contributed by atoms with Gasteiger partial charge in [0.15, 0.2) is 11.5 Å². The third kappa shape index (κ3) is 3.16. The number of ether oxygens (including phenoxy) is 3. The molecule has 132 valence electrons. The van der Waals surface area contributed by atoms with E-state index in [1.807, 2.05) is 6.92 Å². The van der Waals surface area contributed by atoms with Crippen LogP contribution in [0.15, 0.2) is 17.0 Å². The van der Waals surface area contributed by atoms with Crippen LogP contribution in [0.1, 0.15) is 30.1 Å². The first kappa shape index (κ1) is 18.1. The van der Waals surface area contributed by atoms with E-state index >= 15 is 0 Å². The van der Waals surface area contributed by atoms with E-state index in [9.17, 15) is 18.0 Å². The molecule has 0 N–H and O–H groups in total. The number of rotatable bonds is 7. The number of hydrogen-bond acceptors (Lipinski definition) is 7. The highest BCUT2D eigenvalue weighted by molar-refractivity contribution is 7.90. The number of sulfonamides is 1. The van der Waals surface area contributed by atoms with Crippen molar-refractivity contribution in [2.75, 3.05) is 27.4 Å². The molecule has 2 rings (SSSR count). The lowest BCUT2D eigenvalue weighted by Gasteiger charge is -2.14. The normalized spacial score (nSPS) is 15.1. The molecule has 0 unspecified atom stereocenters. The first-order valence-corrected chi connectivity index (χ1v) is 8.79. The maximum atomic E-state index is 12.5. The SMILES string of the molecule is CCCCOC(=O)CN1C(=O)c2cc(OC)c(OC)cc2S1(=O)=O. The van der Waals surface area contributed by atoms with Crippen molar-refractivity contribution in [1.82, 2.24) is 4.31 Å². The standard InChI is InChI=1S/C15H19NO7S/c1-4-5-6-23-14(17)9-16-15(18)10-7-11(21-2)12(22-3)8-13(10)24(16,19)20/h7-8H,4-6,9H2,1-3H3. The fraction of sp³-hybridized carbons (Fsp3) is 0.467. The van der Waals surface area contributed by atoms with E-state index in [1.165, 1.54) is 26.4 Å². The quantitative estimate of drug-likeness (QED) is 0.534. The molecule has 24 heavy (non-hydrogen) atoms. The van der Waals surface area contributed by atoms with Crippen molar-refractivity contribution in [1.29, 1.82) is 0 Å². The molecule has 9 heteroatoms. The van der Waals surface area contributed by atoms with Crippen molar-refractivity contribution < 1.29 is 32.2 Å². The van der Waals surface area contributed by atoms with Crippen molar-refractivity contribution in [3.05, 3.63) is 17.7 Å². The molecule has 8 nitrogen and oxygen atoms in total. The first-order valence-electron chi connectivity index (χ1n) is 7.35. The van der Waals surface area contributed by atoms with E-state index in [-0.39, 0.29) is 28.6 Å². The fourth-order valence-corrected chi connectivity index (χ4v) is 3.76. The molecule has 0 spiro atoms. The molecular weight excluding hydrogens is 338 g/mol. The third-order valence-corrected chi connectivity index (χ3v) is 5.31. The molecule has 1 heterocycles. The third-order valence-electron chi connectivity index (χ3n) is 3.54. The van der Waals surface area contributed by atoms with Gasteiger partial charge in [0.05, 0.1) is 26.4 Å². The number of benzene rings is 1. The second-order valence-corrected chi connectivity index (χ2v) is 6.92. The minimum absolute atomic E-state index is 0.0611. The molecule has 0 aliphatic carbocycles. The minimum Gasteiger partial charge on any atom is -0.493 e. The lowest BCUT2D eigenvalue weighted by atomic mass is 10.2. The smallest absolute Gasteiger partial charge is 0.326 e. The predicted molar refractivity (Wildman–Crippen MR) is 83.6 cm³/mol. The first-order chi connectivity index (χ1) is 11.4. The number of nitrogens with zero attached hydrogens (tertiary/aromatic N) is 1. The van der Waals surface area contributed by atoms with Crippen LogP contribution < -0.4 is 9.47 Å². The van der Waals surface area contributed by atoms with Gasteiger partial charge < -0.3 is 14.2 Å². The molecule has 0 saturated heterocycles. The minimum atomic E-state index is -4.13. The van der Waals surface area contributed by atoms with Crippen LogP contribution >= 0.6 is 0 Å². The zero-order valence-corrected chi connectivity index (χ0v) is 14.5. The number of carbonyl (C=O) groups excluding carboxylic acids is 2. The number of hydrogen-bond donors (Lipinski definition) is 0. The predicted octanol–water partition coefficient (Wildman–Crippen LogP) is 1.19. The highest BCUT2D eigenvalue weighted by Crippen LogP contribution is 2.38. The van der Waals surface area contributed by atoms with E-state index in [4.69, 9.17) is 14.2 Å². The molecule has 1 aromatic rings. The molecule has 1 aliphatic heterocycles. The monoisotopic (exact) mass is 357 g/mol. The topological polar surface area (TPSA) is 99.2 Å². The Morgan fingerprint density at radius 3 is 2.38 bits per heavy atom. The fourth-order valence-electron chi connectivity index (χ4n) is 2.25. The average Bonchev–Trinajstić information content (AvgIpc) is 2.74. The Kier molecular flexibility index (Phi) is 5.33. The van der Waals surface area contributed by atoms with Crippen LogP contribution in [0.2, 0.25) is 0 Å². The van der Waals surface area contributed by atoms with Crippen LogP contribution in [0.4, 0.5) is 0 Å². The molecule has 0 aromatic heterocycles. The number of amides is 1. The lowest BCUT2D eigenvalue weighted by molar-refractivity contribution is -0.143. The van der Waals surface area contributed by atoms with E-state index in [1.54, 1.807) is 0 Å². The highest BCUT2D eigenvalue weighted by atomic mass is 32.2. The number of methoxy groups -OCH3 is 2. The Balaban J connectivity index is 2.31. The number of esters is 1. The van der Waals surface area contributed by atoms with Crippen LogP contribution in [0.3, 0.4) is 0 Å². The van der Waals surface area contributed by atoms with Crippen LogP contribution in [-0.2, 0) is 19.6 Å². The van der Waals surface area contributed by atoms with Gasteiger partial charge in [-0.05, 0) is 12.5 Å². The average molecular weight is 357 g/mol. The lowest BCUT2D eigenvalue weighted by Crippen LogP contribution is -2.35. The van der Waals surface area contributed by atoms with Crippen molar-refractivity contribution in [3.63, 3.8) is 0 Å². The molecular formula is C15H19NO7S. The maximum Gasteiger partial charge on any atom is 0.326 e. The number of unbranched alkanes of at least 4 members (excludes halogenated alkanes) is 1. The van der Waals surface area contributed by atoms with Gasteiger partial charge in [-0.3, -0.25) is 9.59 Å². The van der Waals surface area contributed by atoms with Gasteiger partial charge >= 0.3 is 5.97 Å². The Bertz CT molecular complexity index is 757. The second kappa shape index (κ2) is 7.08.